The number of ether oxygens (including phenoxy) is 1. The van der Waals surface area contributed by atoms with Crippen LogP contribution in [0.3, 0.4) is 0 Å². The van der Waals surface area contributed by atoms with Crippen molar-refractivity contribution in [1.29, 1.82) is 0 Å². The van der Waals surface area contributed by atoms with Crippen LogP contribution in [0.4, 0.5) is 0 Å². The Balaban J connectivity index is 3.16. The van der Waals surface area contributed by atoms with E-state index in [-0.39, 0.29) is 5.41 Å². The third-order valence-electron chi connectivity index (χ3n) is 2.54. The Kier molecular flexibility index (Phi) is 4.33. The summed E-state index contributed by atoms with van der Waals surface area (Å²) in [5, 5.41) is 0. The van der Waals surface area contributed by atoms with Crippen LogP contribution in [-0.4, -0.2) is 12.9 Å². The van der Waals surface area contributed by atoms with Crippen LogP contribution >= 0.6 is 0 Å². The molecule has 1 aromatic carbocycles. The molecule has 2 nitrogen and oxygen atoms in total. The standard InChI is InChI=1S/C15H22O2/c1-11(2)10-17-14-12(9-16)7-6-8-13(14)15(3,4)5/h6-9,11H,10H2,1-5H3. The Morgan fingerprint density at radius 1 is 1.29 bits per heavy atom. The Labute approximate surface area is 104 Å². The predicted molar refractivity (Wildman–Crippen MR) is 70.9 cm³/mol. The number of carbonyl (C=O) groups is 1. The van der Waals surface area contributed by atoms with Gasteiger partial charge in [0.1, 0.15) is 5.75 Å². The first-order valence-electron chi connectivity index (χ1n) is 6.07. The molecular weight excluding hydrogens is 212 g/mol. The van der Waals surface area contributed by atoms with E-state index in [0.717, 1.165) is 17.6 Å². The first-order chi connectivity index (χ1) is 7.86. The van der Waals surface area contributed by atoms with Gasteiger partial charge < -0.3 is 4.74 Å². The molecule has 2 heteroatoms. The lowest BCUT2D eigenvalue weighted by molar-refractivity contribution is 0.111. The molecule has 0 unspecified atom stereocenters. The van der Waals surface area contributed by atoms with Crippen molar-refractivity contribution >= 4 is 6.29 Å². The average molecular weight is 234 g/mol. The third-order valence-corrected chi connectivity index (χ3v) is 2.54. The van der Waals surface area contributed by atoms with E-state index in [0.29, 0.717) is 18.1 Å². The molecular formula is C15H22O2. The van der Waals surface area contributed by atoms with Crippen LogP contribution in [0, 0.1) is 5.92 Å². The second kappa shape index (κ2) is 5.35. The Hall–Kier alpha value is -1.31. The van der Waals surface area contributed by atoms with Gasteiger partial charge in [0.25, 0.3) is 0 Å². The van der Waals surface area contributed by atoms with Crippen molar-refractivity contribution in [1.82, 2.24) is 0 Å². The summed E-state index contributed by atoms with van der Waals surface area (Å²) >= 11 is 0. The van der Waals surface area contributed by atoms with Gasteiger partial charge in [-0.25, -0.2) is 0 Å². The van der Waals surface area contributed by atoms with Gasteiger partial charge in [0.2, 0.25) is 0 Å². The fourth-order valence-corrected chi connectivity index (χ4v) is 1.65. The summed E-state index contributed by atoms with van der Waals surface area (Å²) in [6.45, 7) is 11.2. The zero-order valence-electron chi connectivity index (χ0n) is 11.4. The van der Waals surface area contributed by atoms with E-state index in [2.05, 4.69) is 34.6 Å². The third kappa shape index (κ3) is 3.58. The van der Waals surface area contributed by atoms with Gasteiger partial charge in [0.15, 0.2) is 6.29 Å². The maximum Gasteiger partial charge on any atom is 0.153 e. The lowest BCUT2D eigenvalue weighted by atomic mass is 9.85. The Morgan fingerprint density at radius 3 is 2.41 bits per heavy atom. The number of rotatable bonds is 4. The van der Waals surface area contributed by atoms with Gasteiger partial charge in [-0.05, 0) is 17.4 Å². The molecule has 1 rings (SSSR count). The van der Waals surface area contributed by atoms with Crippen molar-refractivity contribution in [3.05, 3.63) is 29.3 Å². The minimum absolute atomic E-state index is 0.0225. The van der Waals surface area contributed by atoms with Crippen LogP contribution in [0.15, 0.2) is 18.2 Å². The zero-order chi connectivity index (χ0) is 13.1. The second-order valence-corrected chi connectivity index (χ2v) is 5.80. The highest BCUT2D eigenvalue weighted by Gasteiger charge is 2.21. The summed E-state index contributed by atoms with van der Waals surface area (Å²) in [6.07, 6.45) is 0.866. The molecule has 0 radical (unpaired) electrons. The molecule has 0 aliphatic heterocycles. The average Bonchev–Trinajstić information content (AvgIpc) is 2.24. The smallest absolute Gasteiger partial charge is 0.153 e. The molecule has 0 amide bonds. The zero-order valence-corrected chi connectivity index (χ0v) is 11.4. The summed E-state index contributed by atoms with van der Waals surface area (Å²) in [4.78, 5) is 11.1. The van der Waals surface area contributed by atoms with Crippen LogP contribution in [0.25, 0.3) is 0 Å². The molecule has 0 saturated heterocycles. The molecule has 0 heterocycles. The van der Waals surface area contributed by atoms with Crippen molar-refractivity contribution in [3.8, 4) is 5.75 Å². The first kappa shape index (κ1) is 13.8. The van der Waals surface area contributed by atoms with Crippen LogP contribution in [0.1, 0.15) is 50.5 Å². The number of benzene rings is 1. The molecule has 0 N–H and O–H groups in total. The molecule has 1 aromatic rings. The van der Waals surface area contributed by atoms with Gasteiger partial charge >= 0.3 is 0 Å². The largest absolute Gasteiger partial charge is 0.492 e. The number of carbonyl (C=O) groups excluding carboxylic acids is 1. The molecule has 0 bridgehead atoms. The topological polar surface area (TPSA) is 26.3 Å². The molecule has 0 atom stereocenters. The molecule has 17 heavy (non-hydrogen) atoms. The van der Waals surface area contributed by atoms with E-state index in [9.17, 15) is 4.79 Å². The van der Waals surface area contributed by atoms with Crippen molar-refractivity contribution in [2.75, 3.05) is 6.61 Å². The maximum atomic E-state index is 11.1. The van der Waals surface area contributed by atoms with Crippen LogP contribution < -0.4 is 4.74 Å². The normalized spacial score (nSPS) is 11.6. The summed E-state index contributed by atoms with van der Waals surface area (Å²) in [6, 6.07) is 5.74. The Morgan fingerprint density at radius 2 is 1.94 bits per heavy atom. The Bertz CT molecular complexity index is 386. The number of hydrogen-bond donors (Lipinski definition) is 0. The van der Waals surface area contributed by atoms with Crippen molar-refractivity contribution in [3.63, 3.8) is 0 Å². The van der Waals surface area contributed by atoms with Crippen LogP contribution in [-0.2, 0) is 5.41 Å². The molecule has 0 saturated carbocycles. The molecule has 94 valence electrons. The fraction of sp³-hybridized carbons (Fsp3) is 0.533. The lowest BCUT2D eigenvalue weighted by Crippen LogP contribution is -2.16. The van der Waals surface area contributed by atoms with Crippen LogP contribution in [0.2, 0.25) is 0 Å². The SMILES string of the molecule is CC(C)COc1c(C=O)cccc1C(C)(C)C. The molecule has 0 aliphatic rings. The summed E-state index contributed by atoms with van der Waals surface area (Å²) in [5.41, 5.74) is 1.70. The van der Waals surface area contributed by atoms with Gasteiger partial charge in [0, 0.05) is 5.56 Å². The van der Waals surface area contributed by atoms with E-state index in [1.54, 1.807) is 6.07 Å². The molecule has 0 fully saturated rings. The second-order valence-electron chi connectivity index (χ2n) is 5.80. The first-order valence-corrected chi connectivity index (χ1v) is 6.07. The van der Waals surface area contributed by atoms with E-state index >= 15 is 0 Å². The fourth-order valence-electron chi connectivity index (χ4n) is 1.65. The predicted octanol–water partition coefficient (Wildman–Crippen LogP) is 3.83. The van der Waals surface area contributed by atoms with Gasteiger partial charge in [-0.2, -0.15) is 0 Å². The molecule has 0 aliphatic carbocycles. The van der Waals surface area contributed by atoms with Crippen molar-refractivity contribution in [2.24, 2.45) is 5.92 Å². The van der Waals surface area contributed by atoms with E-state index in [4.69, 9.17) is 4.74 Å². The monoisotopic (exact) mass is 234 g/mol. The lowest BCUT2D eigenvalue weighted by Gasteiger charge is -2.24. The van der Waals surface area contributed by atoms with Gasteiger partial charge in [-0.3, -0.25) is 4.79 Å². The number of aldehydes is 1. The van der Waals surface area contributed by atoms with Crippen molar-refractivity contribution in [2.45, 2.75) is 40.0 Å². The molecule has 0 aromatic heterocycles. The summed E-state index contributed by atoms with van der Waals surface area (Å²) in [7, 11) is 0. The quantitative estimate of drug-likeness (QED) is 0.740. The molecule has 0 spiro atoms. The van der Waals surface area contributed by atoms with E-state index in [1.807, 2.05) is 12.1 Å². The van der Waals surface area contributed by atoms with Gasteiger partial charge in [-0.1, -0.05) is 46.8 Å². The maximum absolute atomic E-state index is 11.1. The van der Waals surface area contributed by atoms with Crippen LogP contribution in [0.5, 0.6) is 5.75 Å². The van der Waals surface area contributed by atoms with E-state index < -0.39 is 0 Å². The highest BCUT2D eigenvalue weighted by atomic mass is 16.5. The minimum Gasteiger partial charge on any atom is -0.492 e. The highest BCUT2D eigenvalue weighted by molar-refractivity contribution is 5.80. The number of para-hydroxylation sites is 1. The summed E-state index contributed by atoms with van der Waals surface area (Å²) in [5.74, 6) is 1.19. The van der Waals surface area contributed by atoms with E-state index in [1.165, 1.54) is 0 Å². The summed E-state index contributed by atoms with van der Waals surface area (Å²) < 4.78 is 5.82. The number of hydrogen-bond acceptors (Lipinski definition) is 2. The van der Waals surface area contributed by atoms with Gasteiger partial charge in [0.05, 0.1) is 12.2 Å². The minimum atomic E-state index is -0.0225. The van der Waals surface area contributed by atoms with Crippen molar-refractivity contribution < 1.29 is 9.53 Å². The van der Waals surface area contributed by atoms with Gasteiger partial charge in [-0.15, -0.1) is 0 Å². The highest BCUT2D eigenvalue weighted by Crippen LogP contribution is 2.33.